The molecule has 0 aliphatic heterocycles. The molecule has 100 valence electrons. The molecule has 1 heterocycles. The summed E-state index contributed by atoms with van der Waals surface area (Å²) in [6.45, 7) is 5.59. The number of urea groups is 1. The molecule has 0 bridgehead atoms. The molecule has 0 saturated heterocycles. The van der Waals surface area contributed by atoms with Gasteiger partial charge in [0.2, 0.25) is 0 Å². The maximum absolute atomic E-state index is 11.5. The highest BCUT2D eigenvalue weighted by Crippen LogP contribution is 2.09. The summed E-state index contributed by atoms with van der Waals surface area (Å²) in [6.07, 6.45) is 3.15. The van der Waals surface area contributed by atoms with Crippen molar-refractivity contribution < 1.29 is 14.7 Å². The van der Waals surface area contributed by atoms with Crippen molar-refractivity contribution in [2.24, 2.45) is 0 Å². The predicted molar refractivity (Wildman–Crippen MR) is 66.5 cm³/mol. The molecule has 7 heteroatoms. The molecule has 0 fully saturated rings. The van der Waals surface area contributed by atoms with Gasteiger partial charge in [-0.25, -0.2) is 4.79 Å². The Labute approximate surface area is 105 Å². The van der Waals surface area contributed by atoms with E-state index in [0.29, 0.717) is 5.69 Å². The molecule has 1 aromatic rings. The van der Waals surface area contributed by atoms with Gasteiger partial charge in [-0.1, -0.05) is 0 Å². The van der Waals surface area contributed by atoms with Crippen molar-refractivity contribution in [2.45, 2.75) is 39.3 Å². The highest BCUT2D eigenvalue weighted by atomic mass is 16.4. The molecule has 0 radical (unpaired) electrons. The minimum absolute atomic E-state index is 0.112. The molecular weight excluding hydrogens is 236 g/mol. The van der Waals surface area contributed by atoms with Crippen LogP contribution in [-0.4, -0.2) is 32.9 Å². The van der Waals surface area contributed by atoms with E-state index >= 15 is 0 Å². The number of carboxylic acid groups (broad SMARTS) is 1. The van der Waals surface area contributed by atoms with E-state index in [9.17, 15) is 9.59 Å². The molecule has 0 aliphatic carbocycles. The minimum Gasteiger partial charge on any atom is -0.481 e. The number of carbonyl (C=O) groups excluding carboxylic acids is 1. The second kappa shape index (κ2) is 6.04. The lowest BCUT2D eigenvalue weighted by atomic mass is 10.2. The first-order chi connectivity index (χ1) is 8.38. The number of hydrogen-bond acceptors (Lipinski definition) is 3. The van der Waals surface area contributed by atoms with Gasteiger partial charge in [-0.2, -0.15) is 5.10 Å². The Morgan fingerprint density at radius 1 is 1.44 bits per heavy atom. The third-order valence-corrected chi connectivity index (χ3v) is 2.25. The molecule has 1 atom stereocenters. The lowest BCUT2D eigenvalue weighted by Gasteiger charge is -2.11. The summed E-state index contributed by atoms with van der Waals surface area (Å²) >= 11 is 0. The number of nitrogens with one attached hydrogen (secondary N) is 2. The zero-order valence-electron chi connectivity index (χ0n) is 10.7. The molecule has 1 unspecified atom stereocenters. The van der Waals surface area contributed by atoms with Crippen molar-refractivity contribution in [1.82, 2.24) is 15.1 Å². The van der Waals surface area contributed by atoms with E-state index in [4.69, 9.17) is 5.11 Å². The summed E-state index contributed by atoms with van der Waals surface area (Å²) in [5.41, 5.74) is 0.573. The molecule has 0 spiro atoms. The number of carbonyl (C=O) groups is 2. The van der Waals surface area contributed by atoms with Crippen LogP contribution in [0.15, 0.2) is 12.4 Å². The monoisotopic (exact) mass is 254 g/mol. The molecule has 0 aliphatic rings. The molecule has 3 N–H and O–H groups in total. The van der Waals surface area contributed by atoms with Crippen LogP contribution in [0.4, 0.5) is 10.5 Å². The number of rotatable bonds is 5. The van der Waals surface area contributed by atoms with Gasteiger partial charge in [0, 0.05) is 18.3 Å². The van der Waals surface area contributed by atoms with Crippen LogP contribution in [0.1, 0.15) is 33.2 Å². The fourth-order valence-corrected chi connectivity index (χ4v) is 1.39. The lowest BCUT2D eigenvalue weighted by molar-refractivity contribution is -0.137. The van der Waals surface area contributed by atoms with Crippen molar-refractivity contribution in [3.63, 3.8) is 0 Å². The Morgan fingerprint density at radius 2 is 2.11 bits per heavy atom. The SMILES string of the molecule is CC(CC(=O)O)NC(=O)Nc1cnn(C(C)C)c1. The summed E-state index contributed by atoms with van der Waals surface area (Å²) in [6, 6.07) is -0.649. The summed E-state index contributed by atoms with van der Waals surface area (Å²) in [4.78, 5) is 22.0. The van der Waals surface area contributed by atoms with Gasteiger partial charge in [-0.3, -0.25) is 9.48 Å². The summed E-state index contributed by atoms with van der Waals surface area (Å²) in [5.74, 6) is -0.949. The maximum Gasteiger partial charge on any atom is 0.319 e. The maximum atomic E-state index is 11.5. The van der Waals surface area contributed by atoms with E-state index in [1.54, 1.807) is 24.0 Å². The first-order valence-electron chi connectivity index (χ1n) is 5.72. The van der Waals surface area contributed by atoms with Gasteiger partial charge in [0.15, 0.2) is 0 Å². The Hall–Kier alpha value is -2.05. The third-order valence-electron chi connectivity index (χ3n) is 2.25. The zero-order chi connectivity index (χ0) is 13.7. The van der Waals surface area contributed by atoms with Gasteiger partial charge < -0.3 is 15.7 Å². The number of hydrogen-bond donors (Lipinski definition) is 3. The predicted octanol–water partition coefficient (Wildman–Crippen LogP) is 1.45. The van der Waals surface area contributed by atoms with Gasteiger partial charge in [-0.05, 0) is 20.8 Å². The standard InChI is InChI=1S/C11H18N4O3/c1-7(2)15-6-9(5-12-15)14-11(18)13-8(3)4-10(16)17/h5-8H,4H2,1-3H3,(H,16,17)(H2,13,14,18). The molecule has 0 aromatic carbocycles. The quantitative estimate of drug-likeness (QED) is 0.741. The third kappa shape index (κ3) is 4.44. The average molecular weight is 254 g/mol. The zero-order valence-corrected chi connectivity index (χ0v) is 10.7. The molecule has 18 heavy (non-hydrogen) atoms. The van der Waals surface area contributed by atoms with Crippen molar-refractivity contribution in [3.05, 3.63) is 12.4 Å². The van der Waals surface area contributed by atoms with E-state index in [1.807, 2.05) is 13.8 Å². The van der Waals surface area contributed by atoms with E-state index < -0.39 is 18.0 Å². The van der Waals surface area contributed by atoms with Crippen LogP contribution >= 0.6 is 0 Å². The van der Waals surface area contributed by atoms with Crippen molar-refractivity contribution in [1.29, 1.82) is 0 Å². The first kappa shape index (κ1) is 14.0. The fourth-order valence-electron chi connectivity index (χ4n) is 1.39. The Morgan fingerprint density at radius 3 is 2.61 bits per heavy atom. The molecule has 0 saturated carbocycles. The number of anilines is 1. The van der Waals surface area contributed by atoms with E-state index in [0.717, 1.165) is 0 Å². The number of amides is 2. The normalized spacial score (nSPS) is 12.2. The van der Waals surface area contributed by atoms with Crippen LogP contribution in [0.25, 0.3) is 0 Å². The van der Waals surface area contributed by atoms with Gasteiger partial charge in [-0.15, -0.1) is 0 Å². The first-order valence-corrected chi connectivity index (χ1v) is 5.72. The molecule has 7 nitrogen and oxygen atoms in total. The van der Waals surface area contributed by atoms with Gasteiger partial charge in [0.05, 0.1) is 18.3 Å². The average Bonchev–Trinajstić information content (AvgIpc) is 2.63. The van der Waals surface area contributed by atoms with Crippen molar-refractivity contribution >= 4 is 17.7 Å². The van der Waals surface area contributed by atoms with Crippen LogP contribution in [-0.2, 0) is 4.79 Å². The van der Waals surface area contributed by atoms with Gasteiger partial charge in [0.25, 0.3) is 0 Å². The molecule has 1 aromatic heterocycles. The summed E-state index contributed by atoms with van der Waals surface area (Å²) in [7, 11) is 0. The summed E-state index contributed by atoms with van der Waals surface area (Å²) in [5, 5.41) is 17.8. The van der Waals surface area contributed by atoms with Crippen LogP contribution in [0, 0.1) is 0 Å². The van der Waals surface area contributed by atoms with E-state index in [-0.39, 0.29) is 12.5 Å². The van der Waals surface area contributed by atoms with Crippen LogP contribution in [0.5, 0.6) is 0 Å². The largest absolute Gasteiger partial charge is 0.481 e. The second-order valence-corrected chi connectivity index (χ2v) is 4.40. The Kier molecular flexibility index (Phi) is 4.70. The molecular formula is C11H18N4O3. The van der Waals surface area contributed by atoms with Crippen molar-refractivity contribution in [2.75, 3.05) is 5.32 Å². The highest BCUT2D eigenvalue weighted by Gasteiger charge is 2.11. The molecule has 2 amide bonds. The van der Waals surface area contributed by atoms with Gasteiger partial charge in [0.1, 0.15) is 0 Å². The number of carboxylic acids is 1. The molecule has 1 rings (SSSR count). The van der Waals surface area contributed by atoms with Crippen LogP contribution in [0.3, 0.4) is 0 Å². The number of nitrogens with zero attached hydrogens (tertiary/aromatic N) is 2. The Bertz CT molecular complexity index is 428. The Balaban J connectivity index is 2.46. The topological polar surface area (TPSA) is 96.2 Å². The number of aromatic nitrogens is 2. The van der Waals surface area contributed by atoms with Crippen LogP contribution < -0.4 is 10.6 Å². The minimum atomic E-state index is -0.949. The van der Waals surface area contributed by atoms with Gasteiger partial charge >= 0.3 is 12.0 Å². The van der Waals surface area contributed by atoms with E-state index in [1.165, 1.54) is 0 Å². The highest BCUT2D eigenvalue weighted by molar-refractivity contribution is 5.89. The fraction of sp³-hybridized carbons (Fsp3) is 0.545. The number of aliphatic carboxylic acids is 1. The second-order valence-electron chi connectivity index (χ2n) is 4.40. The smallest absolute Gasteiger partial charge is 0.319 e. The van der Waals surface area contributed by atoms with E-state index in [2.05, 4.69) is 15.7 Å². The van der Waals surface area contributed by atoms with Crippen LogP contribution in [0.2, 0.25) is 0 Å². The van der Waals surface area contributed by atoms with Crippen molar-refractivity contribution in [3.8, 4) is 0 Å². The lowest BCUT2D eigenvalue weighted by Crippen LogP contribution is -2.37. The summed E-state index contributed by atoms with van der Waals surface area (Å²) < 4.78 is 1.72.